The van der Waals surface area contributed by atoms with Crippen LogP contribution in [0.5, 0.6) is 0 Å². The topological polar surface area (TPSA) is 96.1 Å². The highest BCUT2D eigenvalue weighted by Crippen LogP contribution is 2.23. The zero-order chi connectivity index (χ0) is 20.0. The third-order valence-electron chi connectivity index (χ3n) is 3.92. The van der Waals surface area contributed by atoms with Crippen LogP contribution in [0.2, 0.25) is 10.0 Å². The number of ether oxygens (including phenoxy) is 1. The first-order valence-corrected chi connectivity index (χ1v) is 9.27. The quantitative estimate of drug-likeness (QED) is 0.454. The van der Waals surface area contributed by atoms with Crippen LogP contribution in [0.1, 0.15) is 45.4 Å². The van der Waals surface area contributed by atoms with Gasteiger partial charge in [-0.3, -0.25) is 4.79 Å². The Hall–Kier alpha value is -2.25. The molecule has 0 unspecified atom stereocenters. The zero-order valence-corrected chi connectivity index (χ0v) is 16.9. The summed E-state index contributed by atoms with van der Waals surface area (Å²) in [6.45, 7) is 4.50. The first-order chi connectivity index (χ1) is 12.9. The van der Waals surface area contributed by atoms with Gasteiger partial charge in [0.1, 0.15) is 11.5 Å². The van der Waals surface area contributed by atoms with Crippen LogP contribution in [0.4, 0.5) is 5.82 Å². The summed E-state index contributed by atoms with van der Waals surface area (Å²) in [7, 11) is 1.33. The summed E-state index contributed by atoms with van der Waals surface area (Å²) < 4.78 is 4.83. The van der Waals surface area contributed by atoms with E-state index >= 15 is 0 Å². The van der Waals surface area contributed by atoms with Crippen LogP contribution in [0, 0.1) is 6.92 Å². The number of hydrogen-bond acceptors (Lipinski definition) is 5. The standard InChI is InChI=1S/C18H22Cl2N4O3/c1-4-5-12-14(18(26)27-3)10(2)24-15(12)17(25)22-7-6-21-16-13(20)8-11(19)9-23-16/h8-9,24H,4-7H2,1-3H3,(H,21,23)(H,22,25). The van der Waals surface area contributed by atoms with E-state index in [9.17, 15) is 9.59 Å². The van der Waals surface area contributed by atoms with Crippen molar-refractivity contribution in [1.82, 2.24) is 15.3 Å². The van der Waals surface area contributed by atoms with Crippen molar-refractivity contribution in [1.29, 1.82) is 0 Å². The molecular weight excluding hydrogens is 391 g/mol. The molecule has 0 aromatic carbocycles. The monoisotopic (exact) mass is 412 g/mol. The summed E-state index contributed by atoms with van der Waals surface area (Å²) in [5, 5.41) is 6.70. The molecule has 0 atom stereocenters. The molecule has 0 saturated heterocycles. The number of nitrogens with zero attached hydrogens (tertiary/aromatic N) is 1. The molecule has 0 fully saturated rings. The van der Waals surface area contributed by atoms with Gasteiger partial charge in [-0.2, -0.15) is 0 Å². The molecule has 1 amide bonds. The predicted molar refractivity (Wildman–Crippen MR) is 106 cm³/mol. The average Bonchev–Trinajstić information content (AvgIpc) is 2.96. The maximum absolute atomic E-state index is 12.6. The Morgan fingerprint density at radius 3 is 2.67 bits per heavy atom. The minimum Gasteiger partial charge on any atom is -0.465 e. The molecule has 7 nitrogen and oxygen atoms in total. The van der Waals surface area contributed by atoms with Crippen molar-refractivity contribution in [2.45, 2.75) is 26.7 Å². The van der Waals surface area contributed by atoms with Crippen LogP contribution in [0.3, 0.4) is 0 Å². The molecule has 27 heavy (non-hydrogen) atoms. The molecule has 0 bridgehead atoms. The number of amides is 1. The highest BCUT2D eigenvalue weighted by molar-refractivity contribution is 6.35. The maximum Gasteiger partial charge on any atom is 0.339 e. The molecule has 9 heteroatoms. The van der Waals surface area contributed by atoms with Crippen LogP contribution >= 0.6 is 23.2 Å². The van der Waals surface area contributed by atoms with Gasteiger partial charge in [0.15, 0.2) is 0 Å². The number of aromatic nitrogens is 2. The molecule has 0 spiro atoms. The lowest BCUT2D eigenvalue weighted by molar-refractivity contribution is 0.0599. The maximum atomic E-state index is 12.6. The van der Waals surface area contributed by atoms with Crippen LogP contribution in [-0.4, -0.2) is 42.0 Å². The highest BCUT2D eigenvalue weighted by atomic mass is 35.5. The largest absolute Gasteiger partial charge is 0.465 e. The third kappa shape index (κ3) is 5.14. The van der Waals surface area contributed by atoms with Crippen LogP contribution in [0.25, 0.3) is 0 Å². The number of aryl methyl sites for hydroxylation is 1. The third-order valence-corrected chi connectivity index (χ3v) is 4.41. The van der Waals surface area contributed by atoms with E-state index in [1.807, 2.05) is 6.92 Å². The fourth-order valence-corrected chi connectivity index (χ4v) is 3.19. The summed E-state index contributed by atoms with van der Waals surface area (Å²) in [5.41, 5.74) is 2.11. The number of nitrogens with one attached hydrogen (secondary N) is 3. The minimum absolute atomic E-state index is 0.284. The molecule has 2 aromatic heterocycles. The Morgan fingerprint density at radius 1 is 1.30 bits per heavy atom. The molecule has 0 aliphatic carbocycles. The Morgan fingerprint density at radius 2 is 2.04 bits per heavy atom. The molecule has 0 aliphatic heterocycles. The number of rotatable bonds is 8. The van der Waals surface area contributed by atoms with Crippen molar-refractivity contribution in [3.63, 3.8) is 0 Å². The normalized spacial score (nSPS) is 10.6. The van der Waals surface area contributed by atoms with Crippen molar-refractivity contribution in [2.24, 2.45) is 0 Å². The number of H-pyrrole nitrogens is 1. The average molecular weight is 413 g/mol. The van der Waals surface area contributed by atoms with Gasteiger partial charge in [-0.15, -0.1) is 0 Å². The van der Waals surface area contributed by atoms with Crippen molar-refractivity contribution in [2.75, 3.05) is 25.5 Å². The number of esters is 1. The second-order valence-corrected chi connectivity index (χ2v) is 6.73. The van der Waals surface area contributed by atoms with Crippen molar-refractivity contribution in [3.05, 3.63) is 44.8 Å². The smallest absolute Gasteiger partial charge is 0.339 e. The van der Waals surface area contributed by atoms with E-state index in [1.54, 1.807) is 13.0 Å². The number of methoxy groups -OCH3 is 1. The van der Waals surface area contributed by atoms with Gasteiger partial charge in [-0.1, -0.05) is 36.5 Å². The number of halogens is 2. The van der Waals surface area contributed by atoms with Gasteiger partial charge < -0.3 is 20.4 Å². The second-order valence-electron chi connectivity index (χ2n) is 5.89. The van der Waals surface area contributed by atoms with Gasteiger partial charge in [0.2, 0.25) is 0 Å². The highest BCUT2D eigenvalue weighted by Gasteiger charge is 2.24. The lowest BCUT2D eigenvalue weighted by Crippen LogP contribution is -2.30. The summed E-state index contributed by atoms with van der Waals surface area (Å²) in [4.78, 5) is 31.7. The van der Waals surface area contributed by atoms with Gasteiger partial charge in [-0.25, -0.2) is 9.78 Å². The Balaban J connectivity index is 2.02. The van der Waals surface area contributed by atoms with E-state index in [-0.39, 0.29) is 5.91 Å². The molecule has 2 heterocycles. The van der Waals surface area contributed by atoms with Gasteiger partial charge in [0.05, 0.1) is 22.7 Å². The number of carbonyl (C=O) groups excluding carboxylic acids is 2. The zero-order valence-electron chi connectivity index (χ0n) is 15.4. The first kappa shape index (κ1) is 21.1. The van der Waals surface area contributed by atoms with E-state index < -0.39 is 5.97 Å². The molecule has 0 saturated carbocycles. The molecule has 0 radical (unpaired) electrons. The Bertz CT molecular complexity index is 836. The lowest BCUT2D eigenvalue weighted by Gasteiger charge is -2.09. The van der Waals surface area contributed by atoms with Gasteiger partial charge >= 0.3 is 5.97 Å². The van der Waals surface area contributed by atoms with Crippen LogP contribution < -0.4 is 10.6 Å². The summed E-state index contributed by atoms with van der Waals surface area (Å²) in [6.07, 6.45) is 2.88. The minimum atomic E-state index is -0.448. The lowest BCUT2D eigenvalue weighted by atomic mass is 10.0. The van der Waals surface area contributed by atoms with Crippen molar-refractivity contribution >= 4 is 40.9 Å². The summed E-state index contributed by atoms with van der Waals surface area (Å²) in [5.74, 6) is -0.240. The number of carbonyl (C=O) groups is 2. The molecule has 2 aromatic rings. The number of pyridine rings is 1. The van der Waals surface area contributed by atoms with E-state index in [0.29, 0.717) is 57.9 Å². The van der Waals surface area contributed by atoms with E-state index in [0.717, 1.165) is 6.42 Å². The van der Waals surface area contributed by atoms with Gasteiger partial charge in [0.25, 0.3) is 5.91 Å². The molecule has 3 N–H and O–H groups in total. The number of aromatic amines is 1. The molecular formula is C18H22Cl2N4O3. The van der Waals surface area contributed by atoms with Gasteiger partial charge in [0, 0.05) is 25.0 Å². The van der Waals surface area contributed by atoms with E-state index in [1.165, 1.54) is 13.3 Å². The SMILES string of the molecule is CCCc1c(C(=O)NCCNc2ncc(Cl)cc2Cl)[nH]c(C)c1C(=O)OC. The molecule has 2 rings (SSSR count). The summed E-state index contributed by atoms with van der Waals surface area (Å²) in [6, 6.07) is 1.59. The Kier molecular flexibility index (Phi) is 7.50. The van der Waals surface area contributed by atoms with Crippen LogP contribution in [-0.2, 0) is 11.2 Å². The Labute approximate surface area is 167 Å². The second kappa shape index (κ2) is 9.62. The molecule has 0 aliphatic rings. The van der Waals surface area contributed by atoms with E-state index in [4.69, 9.17) is 27.9 Å². The van der Waals surface area contributed by atoms with E-state index in [2.05, 4.69) is 20.6 Å². The predicted octanol–water partition coefficient (Wildman–Crippen LogP) is 3.61. The number of hydrogen-bond donors (Lipinski definition) is 3. The fraction of sp³-hybridized carbons (Fsp3) is 0.389. The van der Waals surface area contributed by atoms with Crippen molar-refractivity contribution in [3.8, 4) is 0 Å². The molecule has 146 valence electrons. The van der Waals surface area contributed by atoms with Crippen LogP contribution in [0.15, 0.2) is 12.3 Å². The number of anilines is 1. The van der Waals surface area contributed by atoms with Crippen molar-refractivity contribution < 1.29 is 14.3 Å². The summed E-state index contributed by atoms with van der Waals surface area (Å²) >= 11 is 11.8. The first-order valence-electron chi connectivity index (χ1n) is 8.51. The van der Waals surface area contributed by atoms with Gasteiger partial charge in [-0.05, 0) is 25.0 Å². The fourth-order valence-electron chi connectivity index (χ4n) is 2.74.